The van der Waals surface area contributed by atoms with Crippen LogP contribution in [0, 0.1) is 5.92 Å². The summed E-state index contributed by atoms with van der Waals surface area (Å²) in [5, 5.41) is 0. The molecule has 64 valence electrons. The van der Waals surface area contributed by atoms with Crippen LogP contribution in [0.4, 0.5) is 0 Å². The van der Waals surface area contributed by atoms with Crippen LogP contribution in [0.1, 0.15) is 33.1 Å². The van der Waals surface area contributed by atoms with Crippen LogP contribution in [0.5, 0.6) is 0 Å². The fourth-order valence-corrected chi connectivity index (χ4v) is 1.59. The molecule has 1 fully saturated rings. The zero-order valence-electron chi connectivity index (χ0n) is 7.60. The molecule has 0 amide bonds. The van der Waals surface area contributed by atoms with Gasteiger partial charge in [-0.25, -0.2) is 0 Å². The van der Waals surface area contributed by atoms with Crippen molar-refractivity contribution in [2.45, 2.75) is 33.1 Å². The van der Waals surface area contributed by atoms with Crippen LogP contribution >= 0.6 is 0 Å². The third-order valence-electron chi connectivity index (χ3n) is 2.55. The predicted octanol–water partition coefficient (Wildman–Crippen LogP) is 2.77. The van der Waals surface area contributed by atoms with Crippen LogP contribution in [0.3, 0.4) is 0 Å². The maximum absolute atomic E-state index is 5.39. The lowest BCUT2D eigenvalue weighted by Gasteiger charge is -2.12. The van der Waals surface area contributed by atoms with E-state index in [-0.39, 0.29) is 0 Å². The third kappa shape index (κ3) is 2.66. The van der Waals surface area contributed by atoms with E-state index >= 15 is 0 Å². The molecule has 1 nitrogen and oxygen atoms in total. The average molecular weight is 154 g/mol. The Morgan fingerprint density at radius 3 is 2.91 bits per heavy atom. The molecule has 0 spiro atoms. The average Bonchev–Trinajstić information content (AvgIpc) is 2.30. The summed E-state index contributed by atoms with van der Waals surface area (Å²) in [6, 6.07) is 0. The third-order valence-corrected chi connectivity index (χ3v) is 2.55. The standard InChI is InChI=1S/C10H18O/c1-3-9(2)10-5-4-7-11-8-6-10/h3,10H,4-8H2,1-2H3/b9-3-. The quantitative estimate of drug-likeness (QED) is 0.528. The molecule has 0 aromatic heterocycles. The molecule has 0 aromatic carbocycles. The first kappa shape index (κ1) is 8.79. The number of hydrogen-bond donors (Lipinski definition) is 0. The molecule has 0 aromatic rings. The molecule has 1 heteroatoms. The Balaban J connectivity index is 2.42. The monoisotopic (exact) mass is 154 g/mol. The highest BCUT2D eigenvalue weighted by molar-refractivity contribution is 5.01. The van der Waals surface area contributed by atoms with E-state index in [1.807, 2.05) is 0 Å². The Bertz CT molecular complexity index is 130. The van der Waals surface area contributed by atoms with Crippen LogP contribution in [0.25, 0.3) is 0 Å². The summed E-state index contributed by atoms with van der Waals surface area (Å²) < 4.78 is 5.39. The van der Waals surface area contributed by atoms with Gasteiger partial charge in [0.15, 0.2) is 0 Å². The van der Waals surface area contributed by atoms with Gasteiger partial charge in [0.1, 0.15) is 0 Å². The summed E-state index contributed by atoms with van der Waals surface area (Å²) in [7, 11) is 0. The molecule has 0 N–H and O–H groups in total. The van der Waals surface area contributed by atoms with Crippen molar-refractivity contribution in [2.24, 2.45) is 5.92 Å². The van der Waals surface area contributed by atoms with Gasteiger partial charge in [-0.2, -0.15) is 0 Å². The second kappa shape index (κ2) is 4.55. The number of rotatable bonds is 1. The van der Waals surface area contributed by atoms with Crippen molar-refractivity contribution in [3.05, 3.63) is 11.6 Å². The highest BCUT2D eigenvalue weighted by atomic mass is 16.5. The fraction of sp³-hybridized carbons (Fsp3) is 0.800. The molecule has 0 bridgehead atoms. The summed E-state index contributed by atoms with van der Waals surface area (Å²) >= 11 is 0. The molecule has 1 aliphatic heterocycles. The van der Waals surface area contributed by atoms with Gasteiger partial charge in [0, 0.05) is 13.2 Å². The van der Waals surface area contributed by atoms with Crippen molar-refractivity contribution in [2.75, 3.05) is 13.2 Å². The first-order valence-corrected chi connectivity index (χ1v) is 4.55. The van der Waals surface area contributed by atoms with Gasteiger partial charge in [-0.15, -0.1) is 0 Å². The minimum atomic E-state index is 0.794. The fourth-order valence-electron chi connectivity index (χ4n) is 1.59. The lowest BCUT2D eigenvalue weighted by Crippen LogP contribution is -2.01. The Labute approximate surface area is 69.4 Å². The normalized spacial score (nSPS) is 28.2. The highest BCUT2D eigenvalue weighted by Gasteiger charge is 2.12. The summed E-state index contributed by atoms with van der Waals surface area (Å²) in [6.45, 7) is 6.28. The number of hydrogen-bond acceptors (Lipinski definition) is 1. The van der Waals surface area contributed by atoms with Crippen LogP contribution in [-0.4, -0.2) is 13.2 Å². The van der Waals surface area contributed by atoms with Gasteiger partial charge in [0.05, 0.1) is 0 Å². The largest absolute Gasteiger partial charge is 0.381 e. The van der Waals surface area contributed by atoms with Gasteiger partial charge in [0.2, 0.25) is 0 Å². The molecule has 1 unspecified atom stereocenters. The van der Waals surface area contributed by atoms with Crippen LogP contribution in [-0.2, 0) is 4.74 Å². The van der Waals surface area contributed by atoms with Crippen LogP contribution in [0.15, 0.2) is 11.6 Å². The second-order valence-corrected chi connectivity index (χ2v) is 3.27. The van der Waals surface area contributed by atoms with Crippen molar-refractivity contribution in [1.82, 2.24) is 0 Å². The van der Waals surface area contributed by atoms with E-state index in [9.17, 15) is 0 Å². The molecule has 1 aliphatic rings. The maximum atomic E-state index is 5.39. The van der Waals surface area contributed by atoms with Crippen LogP contribution < -0.4 is 0 Å². The Kier molecular flexibility index (Phi) is 3.64. The van der Waals surface area contributed by atoms with E-state index in [0.717, 1.165) is 19.1 Å². The molecule has 1 atom stereocenters. The van der Waals surface area contributed by atoms with Gasteiger partial charge in [0.25, 0.3) is 0 Å². The Hall–Kier alpha value is -0.300. The van der Waals surface area contributed by atoms with E-state index in [4.69, 9.17) is 4.74 Å². The van der Waals surface area contributed by atoms with Crippen molar-refractivity contribution in [3.63, 3.8) is 0 Å². The first-order valence-electron chi connectivity index (χ1n) is 4.55. The van der Waals surface area contributed by atoms with Crippen molar-refractivity contribution >= 4 is 0 Å². The predicted molar refractivity (Wildman–Crippen MR) is 47.6 cm³/mol. The molecule has 1 rings (SSSR count). The summed E-state index contributed by atoms with van der Waals surface area (Å²) in [5.74, 6) is 0.794. The number of ether oxygens (including phenoxy) is 1. The van der Waals surface area contributed by atoms with E-state index in [1.165, 1.54) is 24.8 Å². The maximum Gasteiger partial charge on any atom is 0.0471 e. The summed E-state index contributed by atoms with van der Waals surface area (Å²) in [6.07, 6.45) is 6.00. The SMILES string of the molecule is C/C=C(/C)C1CCCOCC1. The van der Waals surface area contributed by atoms with Crippen molar-refractivity contribution < 1.29 is 4.74 Å². The van der Waals surface area contributed by atoms with Crippen molar-refractivity contribution in [3.8, 4) is 0 Å². The minimum Gasteiger partial charge on any atom is -0.381 e. The van der Waals surface area contributed by atoms with E-state index in [2.05, 4.69) is 19.9 Å². The molecule has 1 heterocycles. The molecular formula is C10H18O. The van der Waals surface area contributed by atoms with Gasteiger partial charge >= 0.3 is 0 Å². The molecule has 1 saturated heterocycles. The molecule has 11 heavy (non-hydrogen) atoms. The lowest BCUT2D eigenvalue weighted by atomic mass is 9.93. The lowest BCUT2D eigenvalue weighted by molar-refractivity contribution is 0.142. The zero-order chi connectivity index (χ0) is 8.10. The first-order chi connectivity index (χ1) is 5.34. The molecule has 0 saturated carbocycles. The molecular weight excluding hydrogens is 136 g/mol. The smallest absolute Gasteiger partial charge is 0.0471 e. The highest BCUT2D eigenvalue weighted by Crippen LogP contribution is 2.22. The van der Waals surface area contributed by atoms with E-state index in [1.54, 1.807) is 0 Å². The van der Waals surface area contributed by atoms with Gasteiger partial charge < -0.3 is 4.74 Å². The summed E-state index contributed by atoms with van der Waals surface area (Å²) in [5.41, 5.74) is 1.54. The minimum absolute atomic E-state index is 0.794. The summed E-state index contributed by atoms with van der Waals surface area (Å²) in [4.78, 5) is 0. The van der Waals surface area contributed by atoms with Gasteiger partial charge in [-0.1, -0.05) is 11.6 Å². The van der Waals surface area contributed by atoms with Crippen molar-refractivity contribution in [1.29, 1.82) is 0 Å². The second-order valence-electron chi connectivity index (χ2n) is 3.27. The zero-order valence-corrected chi connectivity index (χ0v) is 7.60. The van der Waals surface area contributed by atoms with E-state index < -0.39 is 0 Å². The van der Waals surface area contributed by atoms with Crippen LogP contribution in [0.2, 0.25) is 0 Å². The topological polar surface area (TPSA) is 9.23 Å². The number of allylic oxidation sites excluding steroid dienone is 2. The molecule has 0 aliphatic carbocycles. The van der Waals surface area contributed by atoms with Gasteiger partial charge in [-0.3, -0.25) is 0 Å². The Morgan fingerprint density at radius 2 is 2.18 bits per heavy atom. The Morgan fingerprint density at radius 1 is 1.36 bits per heavy atom. The van der Waals surface area contributed by atoms with Gasteiger partial charge in [-0.05, 0) is 39.0 Å². The molecule has 0 radical (unpaired) electrons. The van der Waals surface area contributed by atoms with E-state index in [0.29, 0.717) is 0 Å².